The zero-order valence-corrected chi connectivity index (χ0v) is 13.7. The Kier molecular flexibility index (Phi) is 6.13. The zero-order valence-electron chi connectivity index (χ0n) is 12.1. The van der Waals surface area contributed by atoms with E-state index in [1.54, 1.807) is 14.2 Å². The first-order valence-corrected chi connectivity index (χ1v) is 7.75. The number of hydrogen-bond acceptors (Lipinski definition) is 4. The van der Waals surface area contributed by atoms with E-state index in [-0.39, 0.29) is 0 Å². The topological polar surface area (TPSA) is 39.7 Å². The van der Waals surface area contributed by atoms with Gasteiger partial charge in [0, 0.05) is 37.2 Å². The Balaban J connectivity index is 2.00. The minimum atomic E-state index is 0.626. The molecule has 20 heavy (non-hydrogen) atoms. The highest BCUT2D eigenvalue weighted by Gasteiger charge is 2.21. The second-order valence-corrected chi connectivity index (χ2v) is 5.80. The van der Waals surface area contributed by atoms with Crippen molar-refractivity contribution in [1.29, 1.82) is 0 Å². The van der Waals surface area contributed by atoms with E-state index in [1.165, 1.54) is 18.4 Å². The quantitative estimate of drug-likeness (QED) is 0.699. The molecule has 2 rings (SSSR count). The molecule has 0 aliphatic heterocycles. The van der Waals surface area contributed by atoms with Crippen LogP contribution in [0.25, 0.3) is 0 Å². The Morgan fingerprint density at radius 3 is 2.65 bits per heavy atom. The summed E-state index contributed by atoms with van der Waals surface area (Å²) in [4.78, 5) is 0. The van der Waals surface area contributed by atoms with Crippen LogP contribution in [0.2, 0.25) is 0 Å². The van der Waals surface area contributed by atoms with E-state index in [2.05, 4.69) is 21.2 Å². The number of hydrogen-bond donors (Lipinski definition) is 1. The van der Waals surface area contributed by atoms with E-state index in [0.29, 0.717) is 19.3 Å². The molecule has 1 fully saturated rings. The molecular formula is C15H22BrNO3. The fourth-order valence-electron chi connectivity index (χ4n) is 1.91. The first kappa shape index (κ1) is 15.6. The molecule has 0 unspecified atom stereocenters. The van der Waals surface area contributed by atoms with Gasteiger partial charge >= 0.3 is 0 Å². The molecule has 0 bridgehead atoms. The second-order valence-electron chi connectivity index (χ2n) is 4.94. The highest BCUT2D eigenvalue weighted by molar-refractivity contribution is 9.10. The third-order valence-corrected chi connectivity index (χ3v) is 3.98. The smallest absolute Gasteiger partial charge is 0.161 e. The van der Waals surface area contributed by atoms with E-state index in [0.717, 1.165) is 28.9 Å². The molecule has 4 nitrogen and oxygen atoms in total. The van der Waals surface area contributed by atoms with Gasteiger partial charge in [-0.05, 0) is 30.5 Å². The van der Waals surface area contributed by atoms with E-state index in [1.807, 2.05) is 12.1 Å². The van der Waals surface area contributed by atoms with E-state index in [4.69, 9.17) is 14.2 Å². The summed E-state index contributed by atoms with van der Waals surface area (Å²) in [7, 11) is 3.35. The van der Waals surface area contributed by atoms with Gasteiger partial charge in [0.05, 0.1) is 13.7 Å². The molecule has 0 spiro atoms. The van der Waals surface area contributed by atoms with Crippen LogP contribution in [0.1, 0.15) is 24.8 Å². The molecule has 1 aromatic carbocycles. The molecule has 1 aromatic rings. The Bertz CT molecular complexity index is 435. The van der Waals surface area contributed by atoms with Crippen LogP contribution in [0.3, 0.4) is 0 Å². The van der Waals surface area contributed by atoms with Gasteiger partial charge in [0.15, 0.2) is 11.5 Å². The van der Waals surface area contributed by atoms with Crippen molar-refractivity contribution in [1.82, 2.24) is 5.32 Å². The van der Waals surface area contributed by atoms with Crippen molar-refractivity contribution in [2.75, 3.05) is 27.4 Å². The molecule has 1 N–H and O–H groups in total. The molecule has 5 heteroatoms. The molecule has 1 aliphatic rings. The van der Waals surface area contributed by atoms with Crippen LogP contribution in [0.5, 0.6) is 11.5 Å². The van der Waals surface area contributed by atoms with Gasteiger partial charge in [0.25, 0.3) is 0 Å². The first-order valence-electron chi connectivity index (χ1n) is 6.96. The minimum Gasteiger partial charge on any atom is -0.493 e. The van der Waals surface area contributed by atoms with Crippen molar-refractivity contribution in [3.8, 4) is 11.5 Å². The maximum absolute atomic E-state index is 5.79. The van der Waals surface area contributed by atoms with Gasteiger partial charge < -0.3 is 19.5 Å². The van der Waals surface area contributed by atoms with Crippen molar-refractivity contribution >= 4 is 15.9 Å². The summed E-state index contributed by atoms with van der Waals surface area (Å²) in [6, 6.07) is 4.70. The Hall–Kier alpha value is -0.780. The van der Waals surface area contributed by atoms with Crippen LogP contribution in [-0.2, 0) is 11.3 Å². The van der Waals surface area contributed by atoms with Crippen LogP contribution in [0, 0.1) is 0 Å². The van der Waals surface area contributed by atoms with Crippen molar-refractivity contribution in [3.63, 3.8) is 0 Å². The molecule has 112 valence electrons. The van der Waals surface area contributed by atoms with E-state index in [9.17, 15) is 0 Å². The molecule has 0 heterocycles. The summed E-state index contributed by atoms with van der Waals surface area (Å²) in [5.74, 6) is 1.55. The second kappa shape index (κ2) is 7.86. The van der Waals surface area contributed by atoms with E-state index < -0.39 is 0 Å². The average Bonchev–Trinajstić information content (AvgIpc) is 3.27. The van der Waals surface area contributed by atoms with Gasteiger partial charge in [-0.1, -0.05) is 15.9 Å². The van der Waals surface area contributed by atoms with Gasteiger partial charge in [-0.2, -0.15) is 0 Å². The molecule has 0 atom stereocenters. The highest BCUT2D eigenvalue weighted by Crippen LogP contribution is 2.34. The third kappa shape index (κ3) is 4.65. The van der Waals surface area contributed by atoms with Crippen molar-refractivity contribution in [2.24, 2.45) is 0 Å². The standard InChI is InChI=1S/C15H22BrNO3/c1-18-6-3-7-20-15-8-11(10-17-12-4-5-12)13(16)9-14(15)19-2/h8-9,12,17H,3-7,10H2,1-2H3. The number of ether oxygens (including phenoxy) is 3. The Labute approximate surface area is 128 Å². The summed E-state index contributed by atoms with van der Waals surface area (Å²) in [5, 5.41) is 3.51. The van der Waals surface area contributed by atoms with E-state index >= 15 is 0 Å². The largest absolute Gasteiger partial charge is 0.493 e. The van der Waals surface area contributed by atoms with Crippen LogP contribution in [0.15, 0.2) is 16.6 Å². The molecular weight excluding hydrogens is 322 g/mol. The fraction of sp³-hybridized carbons (Fsp3) is 0.600. The molecule has 0 aromatic heterocycles. The van der Waals surface area contributed by atoms with Gasteiger partial charge in [-0.25, -0.2) is 0 Å². The summed E-state index contributed by atoms with van der Waals surface area (Å²) < 4.78 is 17.2. The third-order valence-electron chi connectivity index (χ3n) is 3.24. The van der Waals surface area contributed by atoms with Crippen LogP contribution < -0.4 is 14.8 Å². The summed E-state index contributed by atoms with van der Waals surface area (Å²) in [5.41, 5.74) is 1.19. The first-order chi connectivity index (χ1) is 9.74. The minimum absolute atomic E-state index is 0.626. The summed E-state index contributed by atoms with van der Waals surface area (Å²) in [6.07, 6.45) is 3.44. The number of benzene rings is 1. The lowest BCUT2D eigenvalue weighted by Gasteiger charge is -2.14. The number of rotatable bonds is 9. The Morgan fingerprint density at radius 2 is 2.00 bits per heavy atom. The van der Waals surface area contributed by atoms with Gasteiger partial charge in [0.2, 0.25) is 0 Å². The average molecular weight is 344 g/mol. The fourth-order valence-corrected chi connectivity index (χ4v) is 2.37. The molecule has 1 saturated carbocycles. The van der Waals surface area contributed by atoms with Gasteiger partial charge in [0.1, 0.15) is 0 Å². The van der Waals surface area contributed by atoms with Crippen molar-refractivity contribution < 1.29 is 14.2 Å². The van der Waals surface area contributed by atoms with Crippen LogP contribution in [0.4, 0.5) is 0 Å². The molecule has 0 saturated heterocycles. The van der Waals surface area contributed by atoms with Gasteiger partial charge in [-0.15, -0.1) is 0 Å². The predicted octanol–water partition coefficient (Wildman–Crippen LogP) is 3.13. The SMILES string of the molecule is COCCCOc1cc(CNC2CC2)c(Br)cc1OC. The molecule has 1 aliphatic carbocycles. The monoisotopic (exact) mass is 343 g/mol. The number of halogens is 1. The summed E-state index contributed by atoms with van der Waals surface area (Å²) in [6.45, 7) is 2.18. The van der Waals surface area contributed by atoms with Crippen molar-refractivity contribution in [3.05, 3.63) is 22.2 Å². The zero-order chi connectivity index (χ0) is 14.4. The van der Waals surface area contributed by atoms with Gasteiger partial charge in [-0.3, -0.25) is 0 Å². The Morgan fingerprint density at radius 1 is 1.20 bits per heavy atom. The van der Waals surface area contributed by atoms with Crippen LogP contribution in [-0.4, -0.2) is 33.5 Å². The summed E-state index contributed by atoms with van der Waals surface area (Å²) >= 11 is 3.59. The number of methoxy groups -OCH3 is 2. The molecule has 0 amide bonds. The lowest BCUT2D eigenvalue weighted by molar-refractivity contribution is 0.170. The normalized spacial score (nSPS) is 14.3. The van der Waals surface area contributed by atoms with Crippen LogP contribution >= 0.6 is 15.9 Å². The maximum Gasteiger partial charge on any atom is 0.161 e. The number of nitrogens with one attached hydrogen (secondary N) is 1. The highest BCUT2D eigenvalue weighted by atomic mass is 79.9. The predicted molar refractivity (Wildman–Crippen MR) is 82.5 cm³/mol. The lowest BCUT2D eigenvalue weighted by Crippen LogP contribution is -2.15. The van der Waals surface area contributed by atoms with Crippen molar-refractivity contribution in [2.45, 2.75) is 31.8 Å². The maximum atomic E-state index is 5.79. The molecule has 0 radical (unpaired) electrons. The lowest BCUT2D eigenvalue weighted by atomic mass is 10.2.